The maximum atomic E-state index is 11.0. The summed E-state index contributed by atoms with van der Waals surface area (Å²) < 4.78 is 4.96. The SMILES string of the molecule is C=C(C)C(=O)OC(C)(C)C.C=C(NC(C)=O)C(=O)CCC. The molecule has 0 heterocycles. The average molecular weight is 297 g/mol. The highest BCUT2D eigenvalue weighted by molar-refractivity contribution is 5.97. The molecule has 0 fully saturated rings. The van der Waals surface area contributed by atoms with Crippen molar-refractivity contribution in [1.29, 1.82) is 0 Å². The standard InChI is InChI=1S/C8H13NO2.C8H14O2/c1-4-5-8(11)6(2)9-7(3)10;1-6(2)7(9)10-8(3,4)5/h2,4-5H2,1,3H3,(H,9,10);1H2,2-5H3. The number of rotatable bonds is 5. The Balaban J connectivity index is 0. The lowest BCUT2D eigenvalue weighted by molar-refractivity contribution is -0.149. The van der Waals surface area contributed by atoms with Gasteiger partial charge in [0.05, 0.1) is 5.70 Å². The van der Waals surface area contributed by atoms with Crippen LogP contribution in [0.15, 0.2) is 24.4 Å². The second kappa shape index (κ2) is 9.91. The van der Waals surface area contributed by atoms with Crippen LogP contribution >= 0.6 is 0 Å². The van der Waals surface area contributed by atoms with Gasteiger partial charge >= 0.3 is 5.97 Å². The highest BCUT2D eigenvalue weighted by atomic mass is 16.6. The van der Waals surface area contributed by atoms with Crippen molar-refractivity contribution in [3.63, 3.8) is 0 Å². The van der Waals surface area contributed by atoms with Gasteiger partial charge in [0.1, 0.15) is 5.60 Å². The summed E-state index contributed by atoms with van der Waals surface area (Å²) in [6, 6.07) is 0. The second-order valence-electron chi connectivity index (χ2n) is 5.62. The Morgan fingerprint density at radius 2 is 1.57 bits per heavy atom. The van der Waals surface area contributed by atoms with Crippen LogP contribution in [-0.2, 0) is 19.1 Å². The molecule has 0 aromatic heterocycles. The smallest absolute Gasteiger partial charge is 0.333 e. The number of allylic oxidation sites excluding steroid dienone is 1. The van der Waals surface area contributed by atoms with Gasteiger partial charge in [0.15, 0.2) is 5.78 Å². The Kier molecular flexibility index (Phi) is 10.1. The summed E-state index contributed by atoms with van der Waals surface area (Å²) in [6.07, 6.45) is 1.22. The van der Waals surface area contributed by atoms with E-state index >= 15 is 0 Å². The van der Waals surface area contributed by atoms with Crippen molar-refractivity contribution in [2.45, 2.75) is 60.0 Å². The monoisotopic (exact) mass is 297 g/mol. The quantitative estimate of drug-likeness (QED) is 0.625. The van der Waals surface area contributed by atoms with Gasteiger partial charge in [-0.3, -0.25) is 9.59 Å². The van der Waals surface area contributed by atoms with Crippen LogP contribution < -0.4 is 5.32 Å². The normalized spacial score (nSPS) is 9.81. The lowest BCUT2D eigenvalue weighted by atomic mass is 10.2. The van der Waals surface area contributed by atoms with Crippen LogP contribution in [0.5, 0.6) is 0 Å². The number of ether oxygens (including phenoxy) is 1. The first kappa shape index (κ1) is 21.4. The summed E-state index contributed by atoms with van der Waals surface area (Å²) in [4.78, 5) is 32.2. The third-order valence-electron chi connectivity index (χ3n) is 1.89. The average Bonchev–Trinajstić information content (AvgIpc) is 2.26. The van der Waals surface area contributed by atoms with Gasteiger partial charge in [-0.15, -0.1) is 0 Å². The fourth-order valence-corrected chi connectivity index (χ4v) is 1.03. The Morgan fingerprint density at radius 1 is 1.10 bits per heavy atom. The maximum Gasteiger partial charge on any atom is 0.333 e. The molecular weight excluding hydrogens is 270 g/mol. The molecule has 0 radical (unpaired) electrons. The molecule has 5 heteroatoms. The van der Waals surface area contributed by atoms with Gasteiger partial charge < -0.3 is 10.1 Å². The molecule has 1 amide bonds. The third kappa shape index (κ3) is 14.3. The summed E-state index contributed by atoms with van der Waals surface area (Å²) in [5, 5.41) is 2.34. The van der Waals surface area contributed by atoms with Crippen LogP contribution in [0.25, 0.3) is 0 Å². The van der Waals surface area contributed by atoms with Crippen molar-refractivity contribution in [3.8, 4) is 0 Å². The molecule has 0 atom stereocenters. The summed E-state index contributed by atoms with van der Waals surface area (Å²) in [7, 11) is 0. The topological polar surface area (TPSA) is 72.5 Å². The van der Waals surface area contributed by atoms with Crippen molar-refractivity contribution < 1.29 is 19.1 Å². The maximum absolute atomic E-state index is 11.0. The van der Waals surface area contributed by atoms with Crippen LogP contribution in [-0.4, -0.2) is 23.3 Å². The molecule has 0 saturated heterocycles. The molecule has 120 valence electrons. The molecule has 0 unspecified atom stereocenters. The Hall–Kier alpha value is -1.91. The summed E-state index contributed by atoms with van der Waals surface area (Å²) in [5.41, 5.74) is 0.227. The van der Waals surface area contributed by atoms with E-state index in [1.165, 1.54) is 6.92 Å². The van der Waals surface area contributed by atoms with E-state index in [-0.39, 0.29) is 23.4 Å². The van der Waals surface area contributed by atoms with Gasteiger partial charge in [-0.25, -0.2) is 4.79 Å². The molecule has 5 nitrogen and oxygen atoms in total. The van der Waals surface area contributed by atoms with E-state index in [0.29, 0.717) is 12.0 Å². The zero-order chi connectivity index (χ0) is 17.2. The lowest BCUT2D eigenvalue weighted by Gasteiger charge is -2.19. The number of ketones is 1. The first-order valence-electron chi connectivity index (χ1n) is 6.79. The number of esters is 1. The first-order valence-corrected chi connectivity index (χ1v) is 6.79. The molecule has 0 aliphatic rings. The van der Waals surface area contributed by atoms with Gasteiger partial charge in [0.2, 0.25) is 5.91 Å². The minimum absolute atomic E-state index is 0.0947. The van der Waals surface area contributed by atoms with E-state index in [9.17, 15) is 14.4 Å². The Morgan fingerprint density at radius 3 is 1.81 bits per heavy atom. The Bertz CT molecular complexity index is 416. The zero-order valence-electron chi connectivity index (χ0n) is 14.0. The number of amides is 1. The van der Waals surface area contributed by atoms with Crippen molar-refractivity contribution in [1.82, 2.24) is 5.32 Å². The zero-order valence-corrected chi connectivity index (χ0v) is 14.0. The highest BCUT2D eigenvalue weighted by Crippen LogP contribution is 2.09. The number of hydrogen-bond donors (Lipinski definition) is 1. The van der Waals surface area contributed by atoms with E-state index in [2.05, 4.69) is 18.5 Å². The summed E-state index contributed by atoms with van der Waals surface area (Å²) in [6.45, 7) is 17.3. The molecule has 0 aliphatic heterocycles. The van der Waals surface area contributed by atoms with Gasteiger partial charge in [-0.05, 0) is 34.1 Å². The van der Waals surface area contributed by atoms with Gasteiger partial charge in [0.25, 0.3) is 0 Å². The molecule has 0 aliphatic carbocycles. The largest absolute Gasteiger partial charge is 0.457 e. The molecule has 1 N–H and O–H groups in total. The van der Waals surface area contributed by atoms with E-state index in [1.807, 2.05) is 27.7 Å². The molecule has 0 aromatic rings. The van der Waals surface area contributed by atoms with Gasteiger partial charge in [0, 0.05) is 18.9 Å². The lowest BCUT2D eigenvalue weighted by Crippen LogP contribution is -2.23. The van der Waals surface area contributed by atoms with E-state index in [4.69, 9.17) is 4.74 Å². The third-order valence-corrected chi connectivity index (χ3v) is 1.89. The minimum atomic E-state index is -0.407. The Labute approximate surface area is 127 Å². The highest BCUT2D eigenvalue weighted by Gasteiger charge is 2.15. The number of hydrogen-bond acceptors (Lipinski definition) is 4. The van der Waals surface area contributed by atoms with Crippen LogP contribution in [0.1, 0.15) is 54.4 Å². The molecule has 21 heavy (non-hydrogen) atoms. The van der Waals surface area contributed by atoms with Crippen LogP contribution in [0, 0.1) is 0 Å². The molecule has 0 aromatic carbocycles. The van der Waals surface area contributed by atoms with Crippen LogP contribution in [0.3, 0.4) is 0 Å². The van der Waals surface area contributed by atoms with Crippen molar-refractivity contribution in [2.24, 2.45) is 0 Å². The second-order valence-corrected chi connectivity index (χ2v) is 5.62. The molecule has 0 rings (SSSR count). The number of carbonyl (C=O) groups excluding carboxylic acids is 3. The number of nitrogens with one attached hydrogen (secondary N) is 1. The van der Waals surface area contributed by atoms with Crippen molar-refractivity contribution in [3.05, 3.63) is 24.4 Å². The molecule has 0 saturated carbocycles. The number of carbonyl (C=O) groups is 3. The fraction of sp³-hybridized carbons (Fsp3) is 0.562. The minimum Gasteiger partial charge on any atom is -0.457 e. The predicted octanol–water partition coefficient (Wildman–Crippen LogP) is 2.91. The van der Waals surface area contributed by atoms with Crippen LogP contribution in [0.2, 0.25) is 0 Å². The molecular formula is C16H27NO4. The summed E-state index contributed by atoms with van der Waals surface area (Å²) in [5.74, 6) is -0.672. The van der Waals surface area contributed by atoms with Gasteiger partial charge in [-0.2, -0.15) is 0 Å². The molecule has 0 bridgehead atoms. The first-order chi connectivity index (χ1) is 9.40. The number of Topliss-reactive ketones (excluding diaryl/α,β-unsaturated/α-hetero) is 1. The van der Waals surface area contributed by atoms with Crippen molar-refractivity contribution >= 4 is 17.7 Å². The van der Waals surface area contributed by atoms with E-state index < -0.39 is 5.60 Å². The molecule has 0 spiro atoms. The van der Waals surface area contributed by atoms with E-state index in [0.717, 1.165) is 6.42 Å². The van der Waals surface area contributed by atoms with Crippen molar-refractivity contribution in [2.75, 3.05) is 0 Å². The van der Waals surface area contributed by atoms with E-state index in [1.54, 1.807) is 6.92 Å². The fourth-order valence-electron chi connectivity index (χ4n) is 1.03. The predicted molar refractivity (Wildman–Crippen MR) is 83.5 cm³/mol. The van der Waals surface area contributed by atoms with Gasteiger partial charge in [-0.1, -0.05) is 20.1 Å². The van der Waals surface area contributed by atoms with Crippen LogP contribution in [0.4, 0.5) is 0 Å². The summed E-state index contributed by atoms with van der Waals surface area (Å²) >= 11 is 0.